The Kier molecular flexibility index (Phi) is 3.90. The van der Waals surface area contributed by atoms with E-state index in [2.05, 4.69) is 28.8 Å². The number of allylic oxidation sites excluding steroid dienone is 1. The summed E-state index contributed by atoms with van der Waals surface area (Å²) in [5.74, 6) is -0.313. The monoisotopic (exact) mass is 318 g/mol. The van der Waals surface area contributed by atoms with Gasteiger partial charge >= 0.3 is 5.97 Å². The summed E-state index contributed by atoms with van der Waals surface area (Å²) in [5, 5.41) is 7.57. The molecule has 2 aromatic rings. The van der Waals surface area contributed by atoms with Gasteiger partial charge in [-0.15, -0.1) is 11.3 Å². The first-order valence-corrected chi connectivity index (χ1v) is 7.75. The van der Waals surface area contributed by atoms with Crippen LogP contribution in [0.1, 0.15) is 11.8 Å². The Labute approximate surface area is 131 Å². The number of benzene rings is 1. The molecule has 0 spiro atoms. The molecule has 0 fully saturated rings. The Morgan fingerprint density at radius 3 is 3.00 bits per heavy atom. The molecule has 0 unspecified atom stereocenters. The third kappa shape index (κ3) is 3.06. The van der Waals surface area contributed by atoms with Gasteiger partial charge in [0.2, 0.25) is 0 Å². The van der Waals surface area contributed by atoms with Gasteiger partial charge in [0.25, 0.3) is 0 Å². The van der Waals surface area contributed by atoms with Gasteiger partial charge in [0.1, 0.15) is 6.61 Å². The summed E-state index contributed by atoms with van der Waals surface area (Å²) >= 11 is 6.64. The second-order valence-corrected chi connectivity index (χ2v) is 6.31. The molecule has 1 aromatic heterocycles. The lowest BCUT2D eigenvalue weighted by molar-refractivity contribution is -0.140. The van der Waals surface area contributed by atoms with Crippen LogP contribution in [-0.4, -0.2) is 17.6 Å². The van der Waals surface area contributed by atoms with Crippen molar-refractivity contribution in [3.63, 3.8) is 0 Å². The van der Waals surface area contributed by atoms with Gasteiger partial charge in [0.05, 0.1) is 12.1 Å². The zero-order chi connectivity index (χ0) is 14.8. The molecule has 0 saturated heterocycles. The molecule has 108 valence electrons. The lowest BCUT2D eigenvalue weighted by Crippen LogP contribution is -2.42. The Morgan fingerprint density at radius 2 is 2.24 bits per heavy atom. The largest absolute Gasteiger partial charge is 0.457 e. The van der Waals surface area contributed by atoms with E-state index >= 15 is 0 Å². The van der Waals surface area contributed by atoms with Crippen molar-refractivity contribution in [1.29, 1.82) is 0 Å². The van der Waals surface area contributed by atoms with Gasteiger partial charge in [-0.05, 0) is 36.7 Å². The standard InChI is InChI=1S/C15H14N2O2S2/c1-9-12(7-16-15(20)17-9)14(18)19-8-11-6-10-4-2-3-5-13(10)21-11/h2-6H,7-8H2,1H3,(H2,16,17,20). The van der Waals surface area contributed by atoms with E-state index in [1.54, 1.807) is 11.3 Å². The molecule has 1 aromatic carbocycles. The number of ether oxygens (including phenoxy) is 1. The fraction of sp³-hybridized carbons (Fsp3) is 0.200. The van der Waals surface area contributed by atoms with E-state index in [9.17, 15) is 4.79 Å². The lowest BCUT2D eigenvalue weighted by atomic mass is 10.2. The zero-order valence-electron chi connectivity index (χ0n) is 11.4. The molecule has 0 radical (unpaired) electrons. The van der Waals surface area contributed by atoms with Crippen molar-refractivity contribution >= 4 is 44.7 Å². The summed E-state index contributed by atoms with van der Waals surface area (Å²) in [5.41, 5.74) is 1.34. The van der Waals surface area contributed by atoms with E-state index in [1.165, 1.54) is 10.1 Å². The topological polar surface area (TPSA) is 50.4 Å². The first kappa shape index (κ1) is 14.0. The van der Waals surface area contributed by atoms with Gasteiger partial charge < -0.3 is 15.4 Å². The van der Waals surface area contributed by atoms with Crippen molar-refractivity contribution in [3.8, 4) is 0 Å². The maximum absolute atomic E-state index is 12.1. The van der Waals surface area contributed by atoms with Crippen molar-refractivity contribution in [3.05, 3.63) is 46.5 Å². The Hall–Kier alpha value is -1.92. The SMILES string of the molecule is CC1=C(C(=O)OCc2cc3ccccc3s2)CNC(=S)N1. The van der Waals surface area contributed by atoms with Crippen LogP contribution in [0, 0.1) is 0 Å². The molecule has 1 aliphatic rings. The van der Waals surface area contributed by atoms with E-state index in [0.717, 1.165) is 10.6 Å². The van der Waals surface area contributed by atoms with Crippen LogP contribution < -0.4 is 10.6 Å². The number of thiophene rings is 1. The Balaban J connectivity index is 1.68. The molecule has 0 aliphatic carbocycles. The number of hydrogen-bond acceptors (Lipinski definition) is 4. The summed E-state index contributed by atoms with van der Waals surface area (Å²) in [7, 11) is 0. The fourth-order valence-electron chi connectivity index (χ4n) is 2.15. The smallest absolute Gasteiger partial charge is 0.337 e. The van der Waals surface area contributed by atoms with Crippen LogP contribution in [0.3, 0.4) is 0 Å². The number of thiocarbonyl (C=S) groups is 1. The minimum Gasteiger partial charge on any atom is -0.457 e. The molecule has 3 rings (SSSR count). The van der Waals surface area contributed by atoms with Crippen LogP contribution in [0.25, 0.3) is 10.1 Å². The number of carbonyl (C=O) groups excluding carboxylic acids is 1. The van der Waals surface area contributed by atoms with Crippen molar-refractivity contribution in [2.24, 2.45) is 0 Å². The first-order chi connectivity index (χ1) is 10.1. The van der Waals surface area contributed by atoms with Gasteiger partial charge in [-0.3, -0.25) is 0 Å². The second-order valence-electron chi connectivity index (χ2n) is 4.74. The van der Waals surface area contributed by atoms with E-state index in [-0.39, 0.29) is 5.97 Å². The van der Waals surface area contributed by atoms with Crippen LogP contribution in [0.4, 0.5) is 0 Å². The van der Waals surface area contributed by atoms with E-state index in [0.29, 0.717) is 23.8 Å². The quantitative estimate of drug-likeness (QED) is 0.673. The number of rotatable bonds is 3. The van der Waals surface area contributed by atoms with Crippen LogP contribution in [0.5, 0.6) is 0 Å². The third-order valence-corrected chi connectivity index (χ3v) is 4.58. The molecule has 6 heteroatoms. The molecule has 0 bridgehead atoms. The van der Waals surface area contributed by atoms with Crippen LogP contribution in [0.15, 0.2) is 41.6 Å². The van der Waals surface area contributed by atoms with Crippen molar-refractivity contribution < 1.29 is 9.53 Å². The minimum atomic E-state index is -0.313. The molecule has 0 amide bonds. The number of hydrogen-bond donors (Lipinski definition) is 2. The van der Waals surface area contributed by atoms with Crippen molar-refractivity contribution in [1.82, 2.24) is 10.6 Å². The van der Waals surface area contributed by atoms with E-state index in [1.807, 2.05) is 19.1 Å². The van der Waals surface area contributed by atoms with Crippen LogP contribution >= 0.6 is 23.6 Å². The van der Waals surface area contributed by atoms with Gasteiger partial charge in [0, 0.05) is 15.3 Å². The average Bonchev–Trinajstić information content (AvgIpc) is 2.87. The normalized spacial score (nSPS) is 14.8. The molecule has 4 nitrogen and oxygen atoms in total. The van der Waals surface area contributed by atoms with Crippen molar-refractivity contribution in [2.45, 2.75) is 13.5 Å². The van der Waals surface area contributed by atoms with Gasteiger partial charge in [0.15, 0.2) is 5.11 Å². The maximum atomic E-state index is 12.1. The summed E-state index contributed by atoms with van der Waals surface area (Å²) < 4.78 is 6.59. The number of fused-ring (bicyclic) bond motifs is 1. The minimum absolute atomic E-state index is 0.291. The molecule has 0 saturated carbocycles. The molecule has 21 heavy (non-hydrogen) atoms. The molecular weight excluding hydrogens is 304 g/mol. The molecular formula is C15H14N2O2S2. The molecule has 2 N–H and O–H groups in total. The van der Waals surface area contributed by atoms with Gasteiger partial charge in [-0.1, -0.05) is 18.2 Å². The highest BCUT2D eigenvalue weighted by atomic mass is 32.1. The van der Waals surface area contributed by atoms with E-state index < -0.39 is 0 Å². The fourth-order valence-corrected chi connectivity index (χ4v) is 3.35. The van der Waals surface area contributed by atoms with Crippen LogP contribution in [0.2, 0.25) is 0 Å². The molecule has 1 aliphatic heterocycles. The Bertz CT molecular complexity index is 716. The zero-order valence-corrected chi connectivity index (χ0v) is 13.1. The maximum Gasteiger partial charge on any atom is 0.337 e. The Morgan fingerprint density at radius 1 is 1.43 bits per heavy atom. The lowest BCUT2D eigenvalue weighted by Gasteiger charge is -2.20. The van der Waals surface area contributed by atoms with Crippen molar-refractivity contribution in [2.75, 3.05) is 6.54 Å². The van der Waals surface area contributed by atoms with Gasteiger partial charge in [-0.2, -0.15) is 0 Å². The predicted octanol–water partition coefficient (Wildman–Crippen LogP) is 2.70. The summed E-state index contributed by atoms with van der Waals surface area (Å²) in [4.78, 5) is 13.1. The number of carbonyl (C=O) groups is 1. The predicted molar refractivity (Wildman–Crippen MR) is 88.1 cm³/mol. The summed E-state index contributed by atoms with van der Waals surface area (Å²) in [6.45, 7) is 2.52. The number of nitrogens with one attached hydrogen (secondary N) is 2. The highest BCUT2D eigenvalue weighted by molar-refractivity contribution is 7.80. The van der Waals surface area contributed by atoms with Crippen LogP contribution in [-0.2, 0) is 16.1 Å². The third-order valence-electron chi connectivity index (χ3n) is 3.25. The van der Waals surface area contributed by atoms with E-state index in [4.69, 9.17) is 17.0 Å². The first-order valence-electron chi connectivity index (χ1n) is 6.52. The van der Waals surface area contributed by atoms with Gasteiger partial charge in [-0.25, -0.2) is 4.79 Å². The number of esters is 1. The highest BCUT2D eigenvalue weighted by Crippen LogP contribution is 2.26. The second kappa shape index (κ2) is 5.83. The highest BCUT2D eigenvalue weighted by Gasteiger charge is 2.19. The average molecular weight is 318 g/mol. The molecule has 2 heterocycles. The summed E-state index contributed by atoms with van der Waals surface area (Å²) in [6.07, 6.45) is 0. The summed E-state index contributed by atoms with van der Waals surface area (Å²) in [6, 6.07) is 10.2. The molecule has 0 atom stereocenters.